The molecule has 1 aromatic heterocycles. The van der Waals surface area contributed by atoms with Gasteiger partial charge in [0.25, 0.3) is 6.43 Å². The smallest absolute Gasteiger partial charge is 0.258 e. The van der Waals surface area contributed by atoms with Crippen LogP contribution in [0.5, 0.6) is 0 Å². The first kappa shape index (κ1) is 11.1. The lowest BCUT2D eigenvalue weighted by Crippen LogP contribution is -2.02. The predicted molar refractivity (Wildman–Crippen MR) is 48.5 cm³/mol. The van der Waals surface area contributed by atoms with Crippen molar-refractivity contribution in [3.63, 3.8) is 0 Å². The Bertz CT molecular complexity index is 386. The second-order valence-corrected chi connectivity index (χ2v) is 3.29. The summed E-state index contributed by atoms with van der Waals surface area (Å²) >= 11 is 1.29. The molecule has 14 heavy (non-hydrogen) atoms. The Kier molecular flexibility index (Phi) is 3.24. The summed E-state index contributed by atoms with van der Waals surface area (Å²) in [6.45, 7) is 0. The molecular weight excluding hydrogens is 316 g/mol. The van der Waals surface area contributed by atoms with Crippen LogP contribution in [0.2, 0.25) is 0 Å². The third-order valence-corrected chi connectivity index (χ3v) is 2.40. The first-order valence-corrected chi connectivity index (χ1v) is 4.29. The molecule has 0 aliphatic carbocycles. The van der Waals surface area contributed by atoms with Gasteiger partial charge in [-0.2, -0.15) is 0 Å². The molecule has 0 unspecified atom stereocenters. The average Bonchev–Trinajstić information content (AvgIpc) is 2.08. The van der Waals surface area contributed by atoms with Gasteiger partial charge in [0.2, 0.25) is 0 Å². The van der Waals surface area contributed by atoms with Crippen LogP contribution in [0.3, 0.4) is 0 Å². The Morgan fingerprint density at radius 3 is 2.57 bits per heavy atom. The average molecular weight is 318 g/mol. The minimum atomic E-state index is -3.08. The summed E-state index contributed by atoms with van der Waals surface area (Å²) in [6.07, 6.45) is -2.46. The van der Waals surface area contributed by atoms with Gasteiger partial charge < -0.3 is 0 Å². The molecule has 1 rings (SSSR count). The normalized spacial score (nSPS) is 10.6. The molecule has 0 saturated heterocycles. The SMILES string of the molecule is O=[N+]([O-])c1cnc(C(F)F)c(F)c1I. The highest BCUT2D eigenvalue weighted by molar-refractivity contribution is 14.1. The molecule has 0 aliphatic rings. The van der Waals surface area contributed by atoms with Crippen LogP contribution in [-0.2, 0) is 0 Å². The predicted octanol–water partition coefficient (Wildman–Crippen LogP) is 2.67. The molecule has 8 heteroatoms. The van der Waals surface area contributed by atoms with Crippen molar-refractivity contribution in [3.05, 3.63) is 31.4 Å². The van der Waals surface area contributed by atoms with Gasteiger partial charge in [-0.05, 0) is 22.6 Å². The van der Waals surface area contributed by atoms with E-state index < -0.39 is 32.1 Å². The van der Waals surface area contributed by atoms with Crippen molar-refractivity contribution in [1.29, 1.82) is 0 Å². The Balaban J connectivity index is 3.33. The minimum absolute atomic E-state index is 0.460. The standard InChI is InChI=1S/C6H2F3IN2O2/c7-3-4(10)2(12(13)14)1-11-5(3)6(8)9/h1,6H. The molecule has 0 N–H and O–H groups in total. The van der Waals surface area contributed by atoms with Gasteiger partial charge in [0, 0.05) is 0 Å². The van der Waals surface area contributed by atoms with Gasteiger partial charge in [0.1, 0.15) is 15.5 Å². The monoisotopic (exact) mass is 318 g/mol. The second-order valence-electron chi connectivity index (χ2n) is 2.21. The second kappa shape index (κ2) is 4.07. The molecule has 1 aromatic rings. The van der Waals surface area contributed by atoms with Crippen molar-refractivity contribution in [2.75, 3.05) is 0 Å². The molecule has 0 bridgehead atoms. The maximum Gasteiger partial charge on any atom is 0.303 e. The number of nitrogens with zero attached hydrogens (tertiary/aromatic N) is 2. The zero-order valence-corrected chi connectivity index (χ0v) is 8.53. The van der Waals surface area contributed by atoms with Crippen molar-refractivity contribution < 1.29 is 18.1 Å². The number of alkyl halides is 2. The minimum Gasteiger partial charge on any atom is -0.258 e. The van der Waals surface area contributed by atoms with Crippen LogP contribution in [0.25, 0.3) is 0 Å². The van der Waals surface area contributed by atoms with E-state index in [0.29, 0.717) is 6.20 Å². The van der Waals surface area contributed by atoms with Crippen LogP contribution in [0.1, 0.15) is 12.1 Å². The highest BCUT2D eigenvalue weighted by atomic mass is 127. The zero-order valence-electron chi connectivity index (χ0n) is 6.38. The molecule has 0 saturated carbocycles. The van der Waals surface area contributed by atoms with Gasteiger partial charge in [-0.25, -0.2) is 18.2 Å². The number of rotatable bonds is 2. The molecule has 4 nitrogen and oxygen atoms in total. The molecule has 1 heterocycles. The fourth-order valence-electron chi connectivity index (χ4n) is 0.748. The molecule has 0 atom stereocenters. The van der Waals surface area contributed by atoms with E-state index in [-0.39, 0.29) is 0 Å². The summed E-state index contributed by atoms with van der Waals surface area (Å²) in [5, 5.41) is 10.3. The van der Waals surface area contributed by atoms with E-state index in [2.05, 4.69) is 4.98 Å². The van der Waals surface area contributed by atoms with Crippen LogP contribution in [0, 0.1) is 19.5 Å². The van der Waals surface area contributed by atoms with Gasteiger partial charge in [0.05, 0.1) is 4.92 Å². The molecular formula is C6H2F3IN2O2. The van der Waals surface area contributed by atoms with Crippen molar-refractivity contribution in [2.24, 2.45) is 0 Å². The fourth-order valence-corrected chi connectivity index (χ4v) is 1.36. The van der Waals surface area contributed by atoms with Crippen molar-refractivity contribution in [2.45, 2.75) is 6.43 Å². The summed E-state index contributed by atoms with van der Waals surface area (Å²) < 4.78 is 36.7. The quantitative estimate of drug-likeness (QED) is 0.478. The Labute approximate surface area is 89.4 Å². The van der Waals surface area contributed by atoms with Crippen molar-refractivity contribution in [3.8, 4) is 0 Å². The lowest BCUT2D eigenvalue weighted by Gasteiger charge is -2.02. The highest BCUT2D eigenvalue weighted by Crippen LogP contribution is 2.28. The van der Waals surface area contributed by atoms with Gasteiger partial charge in [-0.15, -0.1) is 0 Å². The number of pyridine rings is 1. The topological polar surface area (TPSA) is 56.0 Å². The van der Waals surface area contributed by atoms with E-state index in [4.69, 9.17) is 0 Å². The molecule has 0 amide bonds. The third-order valence-electron chi connectivity index (χ3n) is 1.37. The molecule has 0 radical (unpaired) electrons. The lowest BCUT2D eigenvalue weighted by molar-refractivity contribution is -0.386. The summed E-state index contributed by atoms with van der Waals surface area (Å²) in [6, 6.07) is 0. The van der Waals surface area contributed by atoms with Gasteiger partial charge >= 0.3 is 5.69 Å². The molecule has 0 aromatic carbocycles. The number of halogens is 4. The first-order chi connectivity index (χ1) is 6.45. The fraction of sp³-hybridized carbons (Fsp3) is 0.167. The number of nitro groups is 1. The third kappa shape index (κ3) is 1.94. The number of hydrogen-bond donors (Lipinski definition) is 0. The molecule has 0 spiro atoms. The summed E-state index contributed by atoms with van der Waals surface area (Å²) in [4.78, 5) is 12.4. The maximum atomic E-state index is 13.0. The van der Waals surface area contributed by atoms with Crippen LogP contribution in [-0.4, -0.2) is 9.91 Å². The van der Waals surface area contributed by atoms with Crippen LogP contribution < -0.4 is 0 Å². The van der Waals surface area contributed by atoms with Crippen LogP contribution >= 0.6 is 22.6 Å². The molecule has 0 fully saturated rings. The Morgan fingerprint density at radius 1 is 1.57 bits per heavy atom. The van der Waals surface area contributed by atoms with E-state index in [0.717, 1.165) is 0 Å². The van der Waals surface area contributed by atoms with E-state index in [1.165, 1.54) is 22.6 Å². The largest absolute Gasteiger partial charge is 0.303 e. The van der Waals surface area contributed by atoms with Crippen molar-refractivity contribution in [1.82, 2.24) is 4.98 Å². The van der Waals surface area contributed by atoms with E-state index in [9.17, 15) is 23.3 Å². The summed E-state index contributed by atoms with van der Waals surface area (Å²) in [7, 11) is 0. The maximum absolute atomic E-state index is 13.0. The van der Waals surface area contributed by atoms with Gasteiger partial charge in [-0.1, -0.05) is 0 Å². The first-order valence-electron chi connectivity index (χ1n) is 3.21. The summed E-state index contributed by atoms with van der Waals surface area (Å²) in [5.74, 6) is -1.34. The van der Waals surface area contributed by atoms with Gasteiger partial charge in [-0.3, -0.25) is 10.1 Å². The summed E-state index contributed by atoms with van der Waals surface area (Å²) in [5.41, 5.74) is -1.69. The van der Waals surface area contributed by atoms with E-state index >= 15 is 0 Å². The van der Waals surface area contributed by atoms with Crippen LogP contribution in [0.15, 0.2) is 6.20 Å². The number of hydrogen-bond acceptors (Lipinski definition) is 3. The zero-order chi connectivity index (χ0) is 10.9. The lowest BCUT2D eigenvalue weighted by atomic mass is 10.3. The van der Waals surface area contributed by atoms with E-state index in [1.54, 1.807) is 0 Å². The highest BCUT2D eigenvalue weighted by Gasteiger charge is 2.24. The van der Waals surface area contributed by atoms with E-state index in [1.807, 2.05) is 0 Å². The van der Waals surface area contributed by atoms with Crippen LogP contribution in [0.4, 0.5) is 18.9 Å². The molecule has 0 aliphatic heterocycles. The Morgan fingerprint density at radius 2 is 2.14 bits per heavy atom. The molecule has 76 valence electrons. The van der Waals surface area contributed by atoms with Crippen molar-refractivity contribution >= 4 is 28.3 Å². The number of aromatic nitrogens is 1. The Hall–Kier alpha value is -0.930. The van der Waals surface area contributed by atoms with Gasteiger partial charge in [0.15, 0.2) is 5.82 Å².